The maximum absolute atomic E-state index is 12.4. The smallest absolute Gasteiger partial charge is 0.341 e. The first-order valence-electron chi connectivity index (χ1n) is 9.44. The second kappa shape index (κ2) is 10.2. The van der Waals surface area contributed by atoms with Gasteiger partial charge in [-0.3, -0.25) is 4.79 Å². The lowest BCUT2D eigenvalue weighted by Gasteiger charge is -2.07. The van der Waals surface area contributed by atoms with Gasteiger partial charge in [-0.1, -0.05) is 36.4 Å². The number of hydrogen-bond donors (Lipinski definition) is 2. The van der Waals surface area contributed by atoms with E-state index >= 15 is 0 Å². The lowest BCUT2D eigenvalue weighted by Crippen LogP contribution is -2.16. The van der Waals surface area contributed by atoms with Crippen molar-refractivity contribution in [3.63, 3.8) is 0 Å². The van der Waals surface area contributed by atoms with E-state index in [1.807, 2.05) is 0 Å². The zero-order valence-corrected chi connectivity index (χ0v) is 18.5. The van der Waals surface area contributed by atoms with E-state index in [2.05, 4.69) is 27.8 Å². The van der Waals surface area contributed by atoms with Crippen LogP contribution in [0.3, 0.4) is 0 Å². The Balaban J connectivity index is 1.57. The number of aromatic nitrogens is 2. The summed E-state index contributed by atoms with van der Waals surface area (Å²) < 4.78 is 5.94. The first-order chi connectivity index (χ1) is 13.6. The van der Waals surface area contributed by atoms with Crippen LogP contribution in [-0.4, -0.2) is 41.0 Å². The van der Waals surface area contributed by atoms with Gasteiger partial charge in [0.15, 0.2) is 4.34 Å². The van der Waals surface area contributed by atoms with Gasteiger partial charge in [-0.2, -0.15) is 0 Å². The Labute approximate surface area is 176 Å². The van der Waals surface area contributed by atoms with Crippen molar-refractivity contribution in [1.82, 2.24) is 10.2 Å². The lowest BCUT2D eigenvalue weighted by molar-refractivity contribution is -0.113. The zero-order chi connectivity index (χ0) is 19.9. The molecule has 7 nitrogen and oxygen atoms in total. The Kier molecular flexibility index (Phi) is 7.69. The molecule has 0 aliphatic heterocycles. The number of anilines is 2. The zero-order valence-electron chi connectivity index (χ0n) is 16.0. The van der Waals surface area contributed by atoms with Gasteiger partial charge in [-0.25, -0.2) is 4.79 Å². The summed E-state index contributed by atoms with van der Waals surface area (Å²) in [5, 5.41) is 15.7. The summed E-state index contributed by atoms with van der Waals surface area (Å²) in [7, 11) is 0. The van der Waals surface area contributed by atoms with Crippen LogP contribution in [0.4, 0.5) is 10.1 Å². The minimum Gasteiger partial charge on any atom is -0.462 e. The van der Waals surface area contributed by atoms with Gasteiger partial charge < -0.3 is 15.4 Å². The summed E-state index contributed by atoms with van der Waals surface area (Å²) in [6.45, 7) is 5.11. The fourth-order valence-corrected chi connectivity index (χ4v) is 5.78. The molecule has 1 aliphatic rings. The van der Waals surface area contributed by atoms with Crippen molar-refractivity contribution in [2.75, 3.05) is 29.5 Å². The van der Waals surface area contributed by atoms with Gasteiger partial charge in [-0.05, 0) is 38.2 Å². The summed E-state index contributed by atoms with van der Waals surface area (Å²) in [6.07, 6.45) is 5.06. The van der Waals surface area contributed by atoms with Crippen LogP contribution < -0.4 is 10.6 Å². The van der Waals surface area contributed by atoms with Crippen molar-refractivity contribution >= 4 is 56.4 Å². The molecular weight excluding hydrogens is 416 g/mol. The SMILES string of the molecule is CCCCNc1nnc(SCC(=O)Nc2sc3c(c2C(=O)OCC)CCC3)s1. The van der Waals surface area contributed by atoms with E-state index in [0.717, 1.165) is 53.7 Å². The molecule has 0 saturated heterocycles. The number of rotatable bonds is 10. The van der Waals surface area contributed by atoms with E-state index in [4.69, 9.17) is 4.74 Å². The first kappa shape index (κ1) is 21.1. The molecule has 2 aromatic heterocycles. The van der Waals surface area contributed by atoms with Crippen LogP contribution in [0.2, 0.25) is 0 Å². The molecule has 0 bridgehead atoms. The van der Waals surface area contributed by atoms with Gasteiger partial charge in [-0.15, -0.1) is 21.5 Å². The third-order valence-electron chi connectivity index (χ3n) is 4.19. The fourth-order valence-electron chi connectivity index (χ4n) is 2.91. The molecular formula is C18H24N4O3S3. The molecule has 152 valence electrons. The normalized spacial score (nSPS) is 12.6. The van der Waals surface area contributed by atoms with Gasteiger partial charge in [0.05, 0.1) is 17.9 Å². The van der Waals surface area contributed by atoms with Crippen LogP contribution in [0, 0.1) is 0 Å². The number of hydrogen-bond acceptors (Lipinski definition) is 9. The molecule has 3 rings (SSSR count). The topological polar surface area (TPSA) is 93.2 Å². The van der Waals surface area contributed by atoms with Crippen molar-refractivity contribution in [3.8, 4) is 0 Å². The van der Waals surface area contributed by atoms with Crippen LogP contribution in [0.15, 0.2) is 4.34 Å². The quantitative estimate of drug-likeness (QED) is 0.325. The molecule has 28 heavy (non-hydrogen) atoms. The van der Waals surface area contributed by atoms with E-state index in [-0.39, 0.29) is 17.6 Å². The molecule has 0 spiro atoms. The highest BCUT2D eigenvalue weighted by Crippen LogP contribution is 2.39. The number of unbranched alkanes of at least 4 members (excludes halogenated alkanes) is 1. The average Bonchev–Trinajstić information content (AvgIpc) is 3.36. The summed E-state index contributed by atoms with van der Waals surface area (Å²) in [5.41, 5.74) is 1.58. The predicted octanol–water partition coefficient (Wildman–Crippen LogP) is 4.21. The highest BCUT2D eigenvalue weighted by molar-refractivity contribution is 8.01. The van der Waals surface area contributed by atoms with Gasteiger partial charge in [0, 0.05) is 11.4 Å². The van der Waals surface area contributed by atoms with Crippen molar-refractivity contribution in [1.29, 1.82) is 0 Å². The molecule has 0 atom stereocenters. The summed E-state index contributed by atoms with van der Waals surface area (Å²) in [5.74, 6) is -0.294. The molecule has 0 aromatic carbocycles. The van der Waals surface area contributed by atoms with E-state index in [0.29, 0.717) is 17.2 Å². The average molecular weight is 441 g/mol. The standard InChI is InChI=1S/C18H24N4O3S3/c1-3-5-9-19-17-21-22-18(28-17)26-10-13(23)20-15-14(16(24)25-4-2)11-7-6-8-12(11)27-15/h3-10H2,1-2H3,(H,19,21)(H,20,23). The van der Waals surface area contributed by atoms with Crippen molar-refractivity contribution in [2.45, 2.75) is 50.3 Å². The highest BCUT2D eigenvalue weighted by atomic mass is 32.2. The number of esters is 1. The number of fused-ring (bicyclic) bond motifs is 1. The Bertz CT molecular complexity index is 834. The van der Waals surface area contributed by atoms with Gasteiger partial charge in [0.2, 0.25) is 11.0 Å². The van der Waals surface area contributed by atoms with Crippen molar-refractivity contribution in [3.05, 3.63) is 16.0 Å². The Morgan fingerprint density at radius 3 is 2.86 bits per heavy atom. The van der Waals surface area contributed by atoms with Gasteiger partial charge in [0.1, 0.15) is 5.00 Å². The van der Waals surface area contributed by atoms with Crippen LogP contribution in [0.25, 0.3) is 0 Å². The van der Waals surface area contributed by atoms with E-state index in [9.17, 15) is 9.59 Å². The van der Waals surface area contributed by atoms with Crippen LogP contribution >= 0.6 is 34.4 Å². The molecule has 1 aliphatic carbocycles. The van der Waals surface area contributed by atoms with Gasteiger partial charge in [0.25, 0.3) is 0 Å². The number of aryl methyl sites for hydroxylation is 1. The number of carbonyl (C=O) groups excluding carboxylic acids is 2. The van der Waals surface area contributed by atoms with Crippen LogP contribution in [0.5, 0.6) is 0 Å². The molecule has 2 N–H and O–H groups in total. The molecule has 2 heterocycles. The number of thioether (sulfide) groups is 1. The Hall–Kier alpha value is -1.65. The third kappa shape index (κ3) is 5.24. The molecule has 0 fully saturated rings. The molecule has 1 amide bonds. The monoisotopic (exact) mass is 440 g/mol. The molecule has 0 radical (unpaired) electrons. The summed E-state index contributed by atoms with van der Waals surface area (Å²) >= 11 is 4.28. The van der Waals surface area contributed by atoms with E-state index in [1.165, 1.54) is 39.3 Å². The van der Waals surface area contributed by atoms with E-state index in [1.54, 1.807) is 6.92 Å². The minimum atomic E-state index is -0.350. The number of ether oxygens (including phenoxy) is 1. The van der Waals surface area contributed by atoms with Crippen LogP contribution in [-0.2, 0) is 22.4 Å². The lowest BCUT2D eigenvalue weighted by atomic mass is 10.1. The van der Waals surface area contributed by atoms with E-state index < -0.39 is 0 Å². The highest BCUT2D eigenvalue weighted by Gasteiger charge is 2.28. The number of nitrogens with one attached hydrogen (secondary N) is 2. The number of nitrogens with zero attached hydrogens (tertiary/aromatic N) is 2. The molecule has 0 unspecified atom stereocenters. The molecule has 10 heteroatoms. The Morgan fingerprint density at radius 1 is 1.21 bits per heavy atom. The molecule has 2 aromatic rings. The second-order valence-electron chi connectivity index (χ2n) is 6.27. The van der Waals surface area contributed by atoms with Gasteiger partial charge >= 0.3 is 5.97 Å². The summed E-state index contributed by atoms with van der Waals surface area (Å²) in [4.78, 5) is 26.0. The number of amides is 1. The third-order valence-corrected chi connectivity index (χ3v) is 7.42. The summed E-state index contributed by atoms with van der Waals surface area (Å²) in [6, 6.07) is 0. The maximum atomic E-state index is 12.4. The van der Waals surface area contributed by atoms with Crippen LogP contribution in [0.1, 0.15) is 53.9 Å². The largest absolute Gasteiger partial charge is 0.462 e. The fraction of sp³-hybridized carbons (Fsp3) is 0.556. The Morgan fingerprint density at radius 2 is 2.07 bits per heavy atom. The number of thiophene rings is 1. The molecule has 0 saturated carbocycles. The minimum absolute atomic E-state index is 0.161. The van der Waals surface area contributed by atoms with Crippen molar-refractivity contribution < 1.29 is 14.3 Å². The first-order valence-corrected chi connectivity index (χ1v) is 12.1. The predicted molar refractivity (Wildman–Crippen MR) is 115 cm³/mol. The second-order valence-corrected chi connectivity index (χ2v) is 9.58. The number of carbonyl (C=O) groups is 2. The van der Waals surface area contributed by atoms with Crippen molar-refractivity contribution in [2.24, 2.45) is 0 Å². The maximum Gasteiger partial charge on any atom is 0.341 e.